The molecule has 3 nitrogen and oxygen atoms in total. The molecule has 0 atom stereocenters. The Labute approximate surface area is 259 Å². The van der Waals surface area contributed by atoms with Crippen LogP contribution in [0, 0.1) is 0 Å². The van der Waals surface area contributed by atoms with Crippen LogP contribution >= 0.6 is 11.3 Å². The zero-order valence-electron chi connectivity index (χ0n) is 24.4. The molecule has 0 unspecified atom stereocenters. The van der Waals surface area contributed by atoms with Gasteiger partial charge in [0.25, 0.3) is 0 Å². The van der Waals surface area contributed by atoms with Gasteiger partial charge in [-0.05, 0) is 95.1 Å². The van der Waals surface area contributed by atoms with Crippen LogP contribution in [-0.2, 0) is 5.41 Å². The molecule has 4 heteroatoms. The smallest absolute Gasteiger partial charge is 0.227 e. The lowest BCUT2D eigenvalue weighted by Crippen LogP contribution is -2.15. The molecule has 0 N–H and O–H groups in total. The maximum atomic E-state index is 6.29. The molecule has 2 aromatic heterocycles. The number of hydrogen-bond acceptors (Lipinski definition) is 4. The van der Waals surface area contributed by atoms with E-state index < -0.39 is 0 Å². The molecule has 0 amide bonds. The van der Waals surface area contributed by atoms with Crippen molar-refractivity contribution in [1.29, 1.82) is 0 Å². The summed E-state index contributed by atoms with van der Waals surface area (Å²) in [6.07, 6.45) is 0. The van der Waals surface area contributed by atoms with Crippen LogP contribution in [0.3, 0.4) is 0 Å². The summed E-state index contributed by atoms with van der Waals surface area (Å²) in [5.74, 6) is 0.655. The van der Waals surface area contributed by atoms with Crippen molar-refractivity contribution in [2.45, 2.75) is 19.3 Å². The summed E-state index contributed by atoms with van der Waals surface area (Å²) < 4.78 is 8.91. The first-order chi connectivity index (χ1) is 21.5. The number of fused-ring (bicyclic) bond motifs is 7. The summed E-state index contributed by atoms with van der Waals surface area (Å²) in [5.41, 5.74) is 11.0. The molecule has 0 radical (unpaired) electrons. The number of thiophene rings is 1. The summed E-state index contributed by atoms with van der Waals surface area (Å²) in [7, 11) is 0. The second-order valence-electron chi connectivity index (χ2n) is 12.1. The third kappa shape index (κ3) is 3.78. The number of anilines is 3. The van der Waals surface area contributed by atoms with Crippen molar-refractivity contribution in [3.8, 4) is 22.6 Å². The van der Waals surface area contributed by atoms with Crippen molar-refractivity contribution < 1.29 is 4.42 Å². The molecule has 2 heterocycles. The van der Waals surface area contributed by atoms with Gasteiger partial charge >= 0.3 is 0 Å². The molecular weight excluding hydrogens is 557 g/mol. The molecule has 6 aromatic carbocycles. The largest absolute Gasteiger partial charge is 0.436 e. The highest BCUT2D eigenvalue weighted by atomic mass is 32.1. The molecule has 0 spiro atoms. The lowest BCUT2D eigenvalue weighted by Gasteiger charge is -2.27. The minimum absolute atomic E-state index is 0.164. The summed E-state index contributed by atoms with van der Waals surface area (Å²) in [6.45, 7) is 4.62. The standard InChI is InChI=1S/C40H28N2OS/c1-40(2)33-19-17-27(21-30(33)31-23-35-36(24-34(31)40)43-39(41-35)25-11-5-3-6-12-25)42(26-13-7-4-8-14-26)28-18-20-38-32(22-28)29-15-9-10-16-37(29)44-38/h3-24H,1-2H3. The Hall–Kier alpha value is -5.19. The van der Waals surface area contributed by atoms with E-state index in [0.29, 0.717) is 5.89 Å². The fourth-order valence-electron chi connectivity index (χ4n) is 6.88. The van der Waals surface area contributed by atoms with Gasteiger partial charge in [-0.3, -0.25) is 0 Å². The zero-order chi connectivity index (χ0) is 29.4. The average molecular weight is 585 g/mol. The highest BCUT2D eigenvalue weighted by molar-refractivity contribution is 7.25. The fraction of sp³-hybridized carbons (Fsp3) is 0.0750. The van der Waals surface area contributed by atoms with Crippen LogP contribution in [0.25, 0.3) is 53.9 Å². The molecule has 1 aliphatic carbocycles. The quantitative estimate of drug-likeness (QED) is 0.206. The van der Waals surface area contributed by atoms with Crippen LogP contribution in [0.15, 0.2) is 138 Å². The molecule has 9 rings (SSSR count). The van der Waals surface area contributed by atoms with Crippen molar-refractivity contribution in [2.75, 3.05) is 4.90 Å². The molecule has 0 saturated heterocycles. The third-order valence-corrected chi connectivity index (χ3v) is 10.2. The van der Waals surface area contributed by atoms with Gasteiger partial charge in [0.1, 0.15) is 5.52 Å². The minimum Gasteiger partial charge on any atom is -0.436 e. The van der Waals surface area contributed by atoms with Gasteiger partial charge in [-0.25, -0.2) is 4.98 Å². The highest BCUT2D eigenvalue weighted by Gasteiger charge is 2.37. The van der Waals surface area contributed by atoms with Crippen molar-refractivity contribution in [3.63, 3.8) is 0 Å². The Kier molecular flexibility index (Phi) is 5.41. The van der Waals surface area contributed by atoms with Crippen LogP contribution in [0.1, 0.15) is 25.0 Å². The Morgan fingerprint density at radius 1 is 0.591 bits per heavy atom. The van der Waals surface area contributed by atoms with Crippen LogP contribution in [0.4, 0.5) is 17.1 Å². The fourth-order valence-corrected chi connectivity index (χ4v) is 7.97. The van der Waals surface area contributed by atoms with Crippen molar-refractivity contribution >= 4 is 59.7 Å². The first kappa shape index (κ1) is 25.3. The normalized spacial score (nSPS) is 13.4. The molecule has 44 heavy (non-hydrogen) atoms. The summed E-state index contributed by atoms with van der Waals surface area (Å²) in [6, 6.07) is 47.7. The van der Waals surface area contributed by atoms with E-state index in [1.807, 2.05) is 41.7 Å². The maximum absolute atomic E-state index is 6.29. The second-order valence-corrected chi connectivity index (χ2v) is 13.1. The summed E-state index contributed by atoms with van der Waals surface area (Å²) in [4.78, 5) is 7.28. The van der Waals surface area contributed by atoms with Crippen molar-refractivity contribution in [1.82, 2.24) is 4.98 Å². The first-order valence-electron chi connectivity index (χ1n) is 15.0. The molecule has 210 valence electrons. The van der Waals surface area contributed by atoms with E-state index >= 15 is 0 Å². The third-order valence-electron chi connectivity index (χ3n) is 9.08. The van der Waals surface area contributed by atoms with Gasteiger partial charge in [-0.2, -0.15) is 0 Å². The molecule has 8 aromatic rings. The molecule has 0 saturated carbocycles. The predicted octanol–water partition coefficient (Wildman–Crippen LogP) is 11.6. The van der Waals surface area contributed by atoms with E-state index in [-0.39, 0.29) is 5.41 Å². The van der Waals surface area contributed by atoms with Crippen LogP contribution in [-0.4, -0.2) is 4.98 Å². The summed E-state index contributed by atoms with van der Waals surface area (Å²) >= 11 is 1.85. The Morgan fingerprint density at radius 2 is 1.27 bits per heavy atom. The molecule has 0 bridgehead atoms. The Bertz CT molecular complexity index is 2370. The SMILES string of the molecule is CC1(C)c2ccc(N(c3ccccc3)c3ccc4sc5ccccc5c4c3)cc2-c2cc3nc(-c4ccccc4)oc3cc21. The minimum atomic E-state index is -0.164. The molecule has 0 fully saturated rings. The number of aromatic nitrogens is 1. The lowest BCUT2D eigenvalue weighted by molar-refractivity contribution is 0.614. The topological polar surface area (TPSA) is 29.3 Å². The summed E-state index contributed by atoms with van der Waals surface area (Å²) in [5, 5.41) is 2.60. The highest BCUT2D eigenvalue weighted by Crippen LogP contribution is 2.52. The van der Waals surface area contributed by atoms with E-state index in [1.54, 1.807) is 0 Å². The van der Waals surface area contributed by atoms with Crippen LogP contribution in [0.5, 0.6) is 0 Å². The van der Waals surface area contributed by atoms with E-state index in [4.69, 9.17) is 9.40 Å². The van der Waals surface area contributed by atoms with Gasteiger partial charge in [0, 0.05) is 48.2 Å². The van der Waals surface area contributed by atoms with Gasteiger partial charge in [-0.1, -0.05) is 74.5 Å². The van der Waals surface area contributed by atoms with Crippen molar-refractivity contribution in [2.24, 2.45) is 0 Å². The first-order valence-corrected chi connectivity index (χ1v) is 15.8. The van der Waals surface area contributed by atoms with Crippen LogP contribution in [0.2, 0.25) is 0 Å². The van der Waals surface area contributed by atoms with Gasteiger partial charge in [0.2, 0.25) is 5.89 Å². The van der Waals surface area contributed by atoms with E-state index in [2.05, 4.69) is 122 Å². The molecular formula is C40H28N2OS. The van der Waals surface area contributed by atoms with Gasteiger partial charge in [-0.15, -0.1) is 11.3 Å². The number of nitrogens with zero attached hydrogens (tertiary/aromatic N) is 2. The van der Waals surface area contributed by atoms with E-state index in [1.165, 1.54) is 42.4 Å². The number of hydrogen-bond donors (Lipinski definition) is 0. The second kappa shape index (κ2) is 9.40. The maximum Gasteiger partial charge on any atom is 0.227 e. The van der Waals surface area contributed by atoms with Crippen molar-refractivity contribution in [3.05, 3.63) is 145 Å². The molecule has 1 aliphatic rings. The average Bonchev–Trinajstić information content (AvgIpc) is 3.71. The van der Waals surface area contributed by atoms with E-state index in [0.717, 1.165) is 33.7 Å². The number of benzene rings is 6. The number of oxazole rings is 1. The van der Waals surface area contributed by atoms with E-state index in [9.17, 15) is 0 Å². The number of para-hydroxylation sites is 1. The van der Waals surface area contributed by atoms with Gasteiger partial charge < -0.3 is 9.32 Å². The number of rotatable bonds is 4. The lowest BCUT2D eigenvalue weighted by atomic mass is 9.82. The zero-order valence-corrected chi connectivity index (χ0v) is 25.2. The Balaban J connectivity index is 1.22. The Morgan fingerprint density at radius 3 is 2.11 bits per heavy atom. The van der Waals surface area contributed by atoms with Crippen LogP contribution < -0.4 is 4.90 Å². The van der Waals surface area contributed by atoms with Gasteiger partial charge in [0.15, 0.2) is 5.58 Å². The monoisotopic (exact) mass is 584 g/mol. The predicted molar refractivity (Wildman–Crippen MR) is 185 cm³/mol. The van der Waals surface area contributed by atoms with Gasteiger partial charge in [0.05, 0.1) is 0 Å². The molecule has 0 aliphatic heterocycles.